The van der Waals surface area contributed by atoms with Crippen molar-refractivity contribution < 1.29 is 22.7 Å². The molecule has 0 aromatic heterocycles. The molecule has 1 saturated carbocycles. The summed E-state index contributed by atoms with van der Waals surface area (Å²) in [5, 5.41) is 0.450. The molecule has 2 nitrogen and oxygen atoms in total. The van der Waals surface area contributed by atoms with E-state index in [1.165, 1.54) is 24.3 Å². The molecule has 0 N–H and O–H groups in total. The maximum Gasteiger partial charge on any atom is 0.420 e. The first-order chi connectivity index (χ1) is 11.4. The van der Waals surface area contributed by atoms with Crippen molar-refractivity contribution in [1.29, 1.82) is 0 Å². The molecule has 2 aromatic carbocycles. The number of rotatable bonds is 3. The lowest BCUT2D eigenvalue weighted by Crippen LogP contribution is -2.24. The number of halogens is 3. The second kappa shape index (κ2) is 6.46. The molecule has 2 aromatic rings. The molecule has 128 valence electrons. The zero-order valence-electron chi connectivity index (χ0n) is 13.4. The molecule has 0 saturated heterocycles. The first-order valence-electron chi connectivity index (χ1n) is 8.14. The molecule has 0 atom stereocenters. The number of fused-ring (bicyclic) bond motifs is 1. The molecule has 3 rings (SSSR count). The van der Waals surface area contributed by atoms with Crippen LogP contribution in [0.25, 0.3) is 10.8 Å². The summed E-state index contributed by atoms with van der Waals surface area (Å²) in [6.45, 7) is 2.15. The Labute approximate surface area is 138 Å². The van der Waals surface area contributed by atoms with Gasteiger partial charge in [-0.2, -0.15) is 13.2 Å². The smallest absolute Gasteiger partial charge is 0.420 e. The fourth-order valence-electron chi connectivity index (χ4n) is 3.32. The number of hydrogen-bond donors (Lipinski definition) is 0. The average molecular weight is 336 g/mol. The van der Waals surface area contributed by atoms with Crippen LogP contribution in [-0.2, 0) is 6.18 Å². The maximum atomic E-state index is 13.6. The number of carbonyl (C=O) groups is 1. The van der Waals surface area contributed by atoms with Crippen LogP contribution in [0.15, 0.2) is 30.3 Å². The fourth-order valence-corrected chi connectivity index (χ4v) is 3.32. The highest BCUT2D eigenvalue weighted by Gasteiger charge is 2.37. The van der Waals surface area contributed by atoms with Crippen molar-refractivity contribution in [2.45, 2.75) is 44.9 Å². The molecule has 0 spiro atoms. The van der Waals surface area contributed by atoms with E-state index in [9.17, 15) is 18.0 Å². The molecule has 5 heteroatoms. The summed E-state index contributed by atoms with van der Waals surface area (Å²) in [4.78, 5) is 10.8. The minimum Gasteiger partial charge on any atom is -0.490 e. The SMILES string of the molecule is CC1CCC(Oc2ccc3cc(C=O)ccc3c2C(F)(F)F)CC1. The summed E-state index contributed by atoms with van der Waals surface area (Å²) >= 11 is 0. The molecular weight excluding hydrogens is 317 g/mol. The topological polar surface area (TPSA) is 26.3 Å². The Kier molecular flexibility index (Phi) is 4.52. The van der Waals surface area contributed by atoms with Gasteiger partial charge in [0, 0.05) is 5.56 Å². The Morgan fingerprint density at radius 2 is 1.79 bits per heavy atom. The Bertz CT molecular complexity index is 744. The van der Waals surface area contributed by atoms with Crippen molar-refractivity contribution in [3.05, 3.63) is 41.5 Å². The maximum absolute atomic E-state index is 13.6. The van der Waals surface area contributed by atoms with Crippen LogP contribution >= 0.6 is 0 Å². The molecule has 0 unspecified atom stereocenters. The third-order valence-corrected chi connectivity index (χ3v) is 4.68. The highest BCUT2D eigenvalue weighted by Crippen LogP contribution is 2.42. The monoisotopic (exact) mass is 336 g/mol. The van der Waals surface area contributed by atoms with E-state index in [0.29, 0.717) is 23.2 Å². The van der Waals surface area contributed by atoms with E-state index in [0.717, 1.165) is 25.7 Å². The zero-order valence-corrected chi connectivity index (χ0v) is 13.4. The average Bonchev–Trinajstić information content (AvgIpc) is 2.55. The fraction of sp³-hybridized carbons (Fsp3) is 0.421. The molecule has 0 heterocycles. The van der Waals surface area contributed by atoms with Crippen molar-refractivity contribution >= 4 is 17.1 Å². The van der Waals surface area contributed by atoms with E-state index in [2.05, 4.69) is 6.92 Å². The third-order valence-electron chi connectivity index (χ3n) is 4.68. The van der Waals surface area contributed by atoms with E-state index < -0.39 is 11.7 Å². The molecule has 0 bridgehead atoms. The van der Waals surface area contributed by atoms with E-state index >= 15 is 0 Å². The lowest BCUT2D eigenvalue weighted by atomic mass is 9.89. The minimum atomic E-state index is -4.51. The summed E-state index contributed by atoms with van der Waals surface area (Å²) in [6.07, 6.45) is -0.556. The molecule has 0 aliphatic heterocycles. The van der Waals surface area contributed by atoms with Crippen molar-refractivity contribution in [2.24, 2.45) is 5.92 Å². The number of alkyl halides is 3. The van der Waals surface area contributed by atoms with Gasteiger partial charge in [0.2, 0.25) is 0 Å². The van der Waals surface area contributed by atoms with Gasteiger partial charge in [-0.15, -0.1) is 0 Å². The van der Waals surface area contributed by atoms with Gasteiger partial charge in [0.25, 0.3) is 0 Å². The van der Waals surface area contributed by atoms with Gasteiger partial charge in [0.1, 0.15) is 17.6 Å². The van der Waals surface area contributed by atoms with E-state index in [-0.39, 0.29) is 17.2 Å². The second-order valence-electron chi connectivity index (χ2n) is 6.53. The van der Waals surface area contributed by atoms with Gasteiger partial charge in [0.15, 0.2) is 0 Å². The van der Waals surface area contributed by atoms with Crippen LogP contribution in [-0.4, -0.2) is 12.4 Å². The summed E-state index contributed by atoms with van der Waals surface area (Å²) in [5.41, 5.74) is -0.401. The summed E-state index contributed by atoms with van der Waals surface area (Å²) in [7, 11) is 0. The first-order valence-corrected chi connectivity index (χ1v) is 8.14. The van der Waals surface area contributed by atoms with Crippen LogP contribution in [0.3, 0.4) is 0 Å². The molecule has 1 aliphatic carbocycles. The van der Waals surface area contributed by atoms with Gasteiger partial charge in [-0.25, -0.2) is 0 Å². The van der Waals surface area contributed by atoms with E-state index in [1.54, 1.807) is 6.07 Å². The predicted molar refractivity (Wildman–Crippen MR) is 86.4 cm³/mol. The Balaban J connectivity index is 2.02. The quantitative estimate of drug-likeness (QED) is 0.679. The van der Waals surface area contributed by atoms with Crippen LogP contribution < -0.4 is 4.74 Å². The lowest BCUT2D eigenvalue weighted by Gasteiger charge is -2.28. The molecule has 24 heavy (non-hydrogen) atoms. The van der Waals surface area contributed by atoms with Crippen LogP contribution in [0.2, 0.25) is 0 Å². The number of hydrogen-bond acceptors (Lipinski definition) is 2. The normalized spacial score (nSPS) is 21.7. The lowest BCUT2D eigenvalue weighted by molar-refractivity contribution is -0.138. The summed E-state index contributed by atoms with van der Waals surface area (Å²) in [6, 6.07) is 7.16. The van der Waals surface area contributed by atoms with Crippen LogP contribution in [0.5, 0.6) is 5.75 Å². The number of carbonyl (C=O) groups excluding carboxylic acids is 1. The standard InChI is InChI=1S/C19H19F3O2/c1-12-2-6-15(7-3-12)24-17-9-5-14-10-13(11-23)4-8-16(14)18(17)19(20,21)22/h4-5,8-12,15H,2-3,6-7H2,1H3. The van der Waals surface area contributed by atoms with Crippen LogP contribution in [0.1, 0.15) is 48.5 Å². The van der Waals surface area contributed by atoms with Crippen molar-refractivity contribution in [1.82, 2.24) is 0 Å². The van der Waals surface area contributed by atoms with Gasteiger partial charge in [-0.1, -0.05) is 25.1 Å². The molecule has 0 radical (unpaired) electrons. The number of aldehydes is 1. The van der Waals surface area contributed by atoms with E-state index in [1.807, 2.05) is 0 Å². The zero-order chi connectivity index (χ0) is 17.3. The first kappa shape index (κ1) is 16.8. The van der Waals surface area contributed by atoms with Gasteiger partial charge >= 0.3 is 6.18 Å². The summed E-state index contributed by atoms with van der Waals surface area (Å²) < 4.78 is 46.6. The van der Waals surface area contributed by atoms with Crippen LogP contribution in [0, 0.1) is 5.92 Å². The predicted octanol–water partition coefficient (Wildman–Crippen LogP) is 5.63. The molecule has 0 amide bonds. The van der Waals surface area contributed by atoms with Crippen molar-refractivity contribution in [3.8, 4) is 5.75 Å². The largest absolute Gasteiger partial charge is 0.490 e. The number of ether oxygens (including phenoxy) is 1. The Morgan fingerprint density at radius 3 is 2.42 bits per heavy atom. The number of benzene rings is 2. The van der Waals surface area contributed by atoms with Gasteiger partial charge in [0.05, 0.1) is 6.10 Å². The highest BCUT2D eigenvalue weighted by atomic mass is 19.4. The highest BCUT2D eigenvalue weighted by molar-refractivity contribution is 5.92. The van der Waals surface area contributed by atoms with Crippen LogP contribution in [0.4, 0.5) is 13.2 Å². The van der Waals surface area contributed by atoms with Crippen molar-refractivity contribution in [2.75, 3.05) is 0 Å². The minimum absolute atomic E-state index is 0.0646. The van der Waals surface area contributed by atoms with Gasteiger partial charge in [-0.3, -0.25) is 4.79 Å². The molecular formula is C19H19F3O2. The van der Waals surface area contributed by atoms with Gasteiger partial charge in [-0.05, 0) is 54.5 Å². The van der Waals surface area contributed by atoms with Crippen molar-refractivity contribution in [3.63, 3.8) is 0 Å². The second-order valence-corrected chi connectivity index (χ2v) is 6.53. The van der Waals surface area contributed by atoms with E-state index in [4.69, 9.17) is 4.74 Å². The van der Waals surface area contributed by atoms with Gasteiger partial charge < -0.3 is 4.74 Å². The molecule has 1 fully saturated rings. The Hall–Kier alpha value is -2.04. The third kappa shape index (κ3) is 3.40. The Morgan fingerprint density at radius 1 is 1.08 bits per heavy atom. The summed E-state index contributed by atoms with van der Waals surface area (Å²) in [5.74, 6) is 0.485. The molecule has 1 aliphatic rings.